The highest BCUT2D eigenvalue weighted by Gasteiger charge is 2.19. The Labute approximate surface area is 186 Å². The quantitative estimate of drug-likeness (QED) is 0.514. The SMILES string of the molecule is Cc1ccc(S(=O)(=O)NCCC(=O)NC(c2ccc(Cl)cc2)c2ccsc2)cc1C. The van der Waals surface area contributed by atoms with Gasteiger partial charge in [-0.1, -0.05) is 29.8 Å². The number of carbonyl (C=O) groups excluding carboxylic acids is 1. The lowest BCUT2D eigenvalue weighted by atomic mass is 10.0. The van der Waals surface area contributed by atoms with E-state index in [0.717, 1.165) is 22.3 Å². The molecular formula is C22H23ClN2O3S2. The average molecular weight is 463 g/mol. The van der Waals surface area contributed by atoms with Gasteiger partial charge in [0.15, 0.2) is 0 Å². The summed E-state index contributed by atoms with van der Waals surface area (Å²) >= 11 is 7.52. The molecule has 0 aliphatic rings. The molecule has 8 heteroatoms. The van der Waals surface area contributed by atoms with Gasteiger partial charge in [-0.15, -0.1) is 0 Å². The van der Waals surface area contributed by atoms with Crippen LogP contribution in [0.25, 0.3) is 0 Å². The van der Waals surface area contributed by atoms with Crippen molar-refractivity contribution in [2.45, 2.75) is 31.2 Å². The van der Waals surface area contributed by atoms with Gasteiger partial charge >= 0.3 is 0 Å². The second kappa shape index (κ2) is 9.75. The minimum atomic E-state index is -3.67. The number of hydrogen-bond acceptors (Lipinski definition) is 4. The largest absolute Gasteiger partial charge is 0.345 e. The number of thiophene rings is 1. The number of rotatable bonds is 8. The van der Waals surface area contributed by atoms with Gasteiger partial charge in [-0.05, 0) is 77.2 Å². The zero-order chi connectivity index (χ0) is 21.7. The number of nitrogens with one attached hydrogen (secondary N) is 2. The van der Waals surface area contributed by atoms with Gasteiger partial charge in [0.25, 0.3) is 0 Å². The number of aryl methyl sites for hydroxylation is 2. The van der Waals surface area contributed by atoms with Gasteiger partial charge < -0.3 is 5.32 Å². The zero-order valence-corrected chi connectivity index (χ0v) is 19.1. The summed E-state index contributed by atoms with van der Waals surface area (Å²) in [5.41, 5.74) is 3.79. The molecule has 0 saturated heterocycles. The van der Waals surface area contributed by atoms with Crippen LogP contribution < -0.4 is 10.0 Å². The van der Waals surface area contributed by atoms with Crippen molar-refractivity contribution < 1.29 is 13.2 Å². The third-order valence-corrected chi connectivity index (χ3v) is 7.23. The number of benzene rings is 2. The molecule has 3 rings (SSSR count). The topological polar surface area (TPSA) is 75.3 Å². The summed E-state index contributed by atoms with van der Waals surface area (Å²) < 4.78 is 27.5. The van der Waals surface area contributed by atoms with Crippen LogP contribution in [0.3, 0.4) is 0 Å². The first-order valence-corrected chi connectivity index (χ1v) is 12.2. The van der Waals surface area contributed by atoms with E-state index in [0.29, 0.717) is 5.02 Å². The fraction of sp³-hybridized carbons (Fsp3) is 0.227. The van der Waals surface area contributed by atoms with E-state index in [9.17, 15) is 13.2 Å². The van der Waals surface area contributed by atoms with Crippen LogP contribution in [0.2, 0.25) is 5.02 Å². The maximum Gasteiger partial charge on any atom is 0.240 e. The summed E-state index contributed by atoms with van der Waals surface area (Å²) in [7, 11) is -3.67. The number of sulfonamides is 1. The molecule has 1 unspecified atom stereocenters. The maximum atomic E-state index is 12.5. The Hall–Kier alpha value is -2.19. The van der Waals surface area contributed by atoms with E-state index in [1.165, 1.54) is 0 Å². The van der Waals surface area contributed by atoms with Crippen LogP contribution in [-0.2, 0) is 14.8 Å². The first-order chi connectivity index (χ1) is 14.3. The molecule has 0 radical (unpaired) electrons. The second-order valence-electron chi connectivity index (χ2n) is 7.00. The van der Waals surface area contributed by atoms with Crippen molar-refractivity contribution in [1.82, 2.24) is 10.0 Å². The lowest BCUT2D eigenvalue weighted by molar-refractivity contribution is -0.121. The van der Waals surface area contributed by atoms with Gasteiger partial charge in [0, 0.05) is 18.0 Å². The summed E-state index contributed by atoms with van der Waals surface area (Å²) in [6, 6.07) is 13.9. The average Bonchev–Trinajstić information content (AvgIpc) is 3.23. The van der Waals surface area contributed by atoms with Gasteiger partial charge in [0.05, 0.1) is 10.9 Å². The molecule has 1 amide bonds. The van der Waals surface area contributed by atoms with Crippen molar-refractivity contribution in [2.24, 2.45) is 0 Å². The van der Waals surface area contributed by atoms with Crippen molar-refractivity contribution in [3.8, 4) is 0 Å². The molecule has 0 aliphatic carbocycles. The second-order valence-corrected chi connectivity index (χ2v) is 9.99. The highest BCUT2D eigenvalue weighted by molar-refractivity contribution is 7.89. The molecule has 158 valence electrons. The molecule has 0 aliphatic heterocycles. The van der Waals surface area contributed by atoms with Crippen LogP contribution in [0.5, 0.6) is 0 Å². The molecule has 1 heterocycles. The Kier molecular flexibility index (Phi) is 7.31. The first-order valence-electron chi connectivity index (χ1n) is 9.40. The Morgan fingerprint density at radius 1 is 1.03 bits per heavy atom. The minimum Gasteiger partial charge on any atom is -0.345 e. The maximum absolute atomic E-state index is 12.5. The molecule has 0 bridgehead atoms. The van der Waals surface area contributed by atoms with Gasteiger partial charge in [0.2, 0.25) is 15.9 Å². The lowest BCUT2D eigenvalue weighted by Crippen LogP contribution is -2.33. The van der Waals surface area contributed by atoms with Crippen LogP contribution in [0, 0.1) is 13.8 Å². The Morgan fingerprint density at radius 2 is 1.77 bits per heavy atom. The van der Waals surface area contributed by atoms with Crippen LogP contribution in [0.15, 0.2) is 64.2 Å². The molecule has 1 atom stereocenters. The molecule has 2 N–H and O–H groups in total. The first kappa shape index (κ1) is 22.5. The normalized spacial score (nSPS) is 12.5. The molecule has 2 aromatic carbocycles. The molecule has 1 aromatic heterocycles. The fourth-order valence-corrected chi connectivity index (χ4v) is 4.88. The fourth-order valence-electron chi connectivity index (χ4n) is 2.95. The van der Waals surface area contributed by atoms with Crippen molar-refractivity contribution in [2.75, 3.05) is 6.54 Å². The molecule has 30 heavy (non-hydrogen) atoms. The number of amides is 1. The van der Waals surface area contributed by atoms with Gasteiger partial charge in [-0.3, -0.25) is 4.79 Å². The lowest BCUT2D eigenvalue weighted by Gasteiger charge is -2.19. The van der Waals surface area contributed by atoms with Crippen LogP contribution in [-0.4, -0.2) is 20.9 Å². The van der Waals surface area contributed by atoms with Crippen molar-refractivity contribution in [3.63, 3.8) is 0 Å². The van der Waals surface area contributed by atoms with E-state index >= 15 is 0 Å². The predicted octanol–water partition coefficient (Wildman–Crippen LogP) is 4.59. The van der Waals surface area contributed by atoms with E-state index in [1.54, 1.807) is 41.7 Å². The Balaban J connectivity index is 1.63. The van der Waals surface area contributed by atoms with Crippen LogP contribution in [0.4, 0.5) is 0 Å². The Morgan fingerprint density at radius 3 is 2.40 bits per heavy atom. The highest BCUT2D eigenvalue weighted by atomic mass is 35.5. The standard InChI is InChI=1S/C22H23ClN2O3S2/c1-15-3-8-20(13-16(15)2)30(27,28)24-11-9-21(26)25-22(18-10-12-29-14-18)17-4-6-19(23)7-5-17/h3-8,10,12-14,22,24H,9,11H2,1-2H3,(H,25,26). The molecule has 0 saturated carbocycles. The molecule has 3 aromatic rings. The van der Waals surface area contributed by atoms with Gasteiger partial charge in [0.1, 0.15) is 0 Å². The number of carbonyl (C=O) groups is 1. The van der Waals surface area contributed by atoms with E-state index < -0.39 is 10.0 Å². The molecule has 0 fully saturated rings. The predicted molar refractivity (Wildman–Crippen MR) is 121 cm³/mol. The minimum absolute atomic E-state index is 0.0120. The summed E-state index contributed by atoms with van der Waals surface area (Å²) in [6.45, 7) is 3.80. The van der Waals surface area contributed by atoms with Crippen molar-refractivity contribution >= 4 is 38.9 Å². The van der Waals surface area contributed by atoms with E-state index in [-0.39, 0.29) is 29.8 Å². The third kappa shape index (κ3) is 5.70. The van der Waals surface area contributed by atoms with Crippen LogP contribution >= 0.6 is 22.9 Å². The monoisotopic (exact) mass is 462 g/mol. The van der Waals surface area contributed by atoms with E-state index in [2.05, 4.69) is 10.0 Å². The summed E-state index contributed by atoms with van der Waals surface area (Å²) in [6.07, 6.45) is 0.0261. The van der Waals surface area contributed by atoms with Gasteiger partial charge in [-0.25, -0.2) is 13.1 Å². The van der Waals surface area contributed by atoms with E-state index in [1.807, 2.05) is 42.8 Å². The van der Waals surface area contributed by atoms with Gasteiger partial charge in [-0.2, -0.15) is 11.3 Å². The number of hydrogen-bond donors (Lipinski definition) is 2. The summed E-state index contributed by atoms with van der Waals surface area (Å²) in [4.78, 5) is 12.7. The molecular weight excluding hydrogens is 440 g/mol. The summed E-state index contributed by atoms with van der Waals surface area (Å²) in [5, 5.41) is 7.53. The van der Waals surface area contributed by atoms with Crippen LogP contribution in [0.1, 0.15) is 34.7 Å². The van der Waals surface area contributed by atoms with Crippen molar-refractivity contribution in [1.29, 1.82) is 0 Å². The summed E-state index contributed by atoms with van der Waals surface area (Å²) in [5.74, 6) is -0.246. The Bertz CT molecular complexity index is 1110. The molecule has 0 spiro atoms. The van der Waals surface area contributed by atoms with Crippen molar-refractivity contribution in [3.05, 3.63) is 86.6 Å². The smallest absolute Gasteiger partial charge is 0.240 e. The highest BCUT2D eigenvalue weighted by Crippen LogP contribution is 2.25. The van der Waals surface area contributed by atoms with E-state index in [4.69, 9.17) is 11.6 Å². The zero-order valence-electron chi connectivity index (χ0n) is 16.7. The number of halogens is 1. The third-order valence-electron chi connectivity index (χ3n) is 4.82. The molecule has 5 nitrogen and oxygen atoms in total.